The second kappa shape index (κ2) is 6.19. The van der Waals surface area contributed by atoms with Crippen LogP contribution in [0.5, 0.6) is 0 Å². The Morgan fingerprint density at radius 1 is 1.40 bits per heavy atom. The van der Waals surface area contributed by atoms with E-state index in [1.54, 1.807) is 11.8 Å². The summed E-state index contributed by atoms with van der Waals surface area (Å²) >= 11 is 1.61. The van der Waals surface area contributed by atoms with E-state index < -0.39 is 0 Å². The summed E-state index contributed by atoms with van der Waals surface area (Å²) in [7, 11) is 0. The van der Waals surface area contributed by atoms with Gasteiger partial charge in [-0.3, -0.25) is 4.79 Å². The van der Waals surface area contributed by atoms with E-state index >= 15 is 0 Å². The number of likely N-dealkylation sites (tertiary alicyclic amines) is 1. The van der Waals surface area contributed by atoms with Crippen LogP contribution in [0.15, 0.2) is 29.2 Å². The molecule has 2 rings (SSSR count). The average Bonchev–Trinajstić information content (AvgIpc) is 2.41. The van der Waals surface area contributed by atoms with Gasteiger partial charge in [0.15, 0.2) is 0 Å². The summed E-state index contributed by atoms with van der Waals surface area (Å²) in [6, 6.07) is 8.49. The Hall–Kier alpha value is -1.00. The number of amides is 1. The number of piperidine rings is 1. The molecule has 1 fully saturated rings. The number of hydrogen-bond donors (Lipinski definition) is 1. The van der Waals surface area contributed by atoms with Crippen molar-refractivity contribution in [2.45, 2.75) is 38.1 Å². The zero-order valence-electron chi connectivity index (χ0n) is 12.6. The summed E-state index contributed by atoms with van der Waals surface area (Å²) < 4.78 is 0. The first-order valence-electron chi connectivity index (χ1n) is 7.11. The smallest absolute Gasteiger partial charge is 0.232 e. The third kappa shape index (κ3) is 3.76. The molecule has 1 saturated heterocycles. The van der Waals surface area contributed by atoms with Crippen LogP contribution in [0.25, 0.3) is 0 Å². The molecule has 110 valence electrons. The number of hydrogen-bond acceptors (Lipinski definition) is 3. The van der Waals surface area contributed by atoms with Crippen molar-refractivity contribution < 1.29 is 4.79 Å². The number of carbonyl (C=O) groups excluding carboxylic acids is 1. The predicted octanol–water partition coefficient (Wildman–Crippen LogP) is 2.67. The number of rotatable bonds is 3. The Bertz CT molecular complexity index is 470. The third-order valence-electron chi connectivity index (χ3n) is 4.05. The van der Waals surface area contributed by atoms with E-state index in [0.717, 1.165) is 24.4 Å². The molecule has 1 heterocycles. The highest BCUT2D eigenvalue weighted by atomic mass is 32.2. The molecular weight excluding hydrogens is 268 g/mol. The number of nitrogens with two attached hydrogens (primary N) is 1. The molecule has 1 aliphatic rings. The molecule has 0 aliphatic carbocycles. The summed E-state index contributed by atoms with van der Waals surface area (Å²) in [5, 5.41) is 0. The zero-order chi connectivity index (χ0) is 14.8. The van der Waals surface area contributed by atoms with Crippen molar-refractivity contribution >= 4 is 17.7 Å². The molecule has 2 N–H and O–H groups in total. The van der Waals surface area contributed by atoms with Crippen molar-refractivity contribution in [2.75, 3.05) is 18.8 Å². The standard InChI is InChI=1S/C16H24N2OS/c1-12-4-6-13(7-5-12)20-10-15(19)18-9-8-14(17)16(2,3)11-18/h4-7,14H,8-11,17H2,1-3H3. The molecule has 0 spiro atoms. The third-order valence-corrected chi connectivity index (χ3v) is 5.04. The zero-order valence-corrected chi connectivity index (χ0v) is 13.4. The number of nitrogens with zero attached hydrogens (tertiary/aromatic N) is 1. The fourth-order valence-electron chi connectivity index (χ4n) is 2.46. The Labute approximate surface area is 125 Å². The highest BCUT2D eigenvalue weighted by molar-refractivity contribution is 8.00. The first-order valence-corrected chi connectivity index (χ1v) is 8.10. The molecule has 0 aromatic heterocycles. The van der Waals surface area contributed by atoms with Gasteiger partial charge in [0.1, 0.15) is 0 Å². The Kier molecular flexibility index (Phi) is 4.76. The van der Waals surface area contributed by atoms with Gasteiger partial charge >= 0.3 is 0 Å². The van der Waals surface area contributed by atoms with Gasteiger partial charge in [-0.05, 0) is 30.9 Å². The number of aryl methyl sites for hydroxylation is 1. The van der Waals surface area contributed by atoms with Gasteiger partial charge in [0.05, 0.1) is 5.75 Å². The molecule has 1 atom stereocenters. The van der Waals surface area contributed by atoms with Crippen molar-refractivity contribution in [2.24, 2.45) is 11.1 Å². The maximum absolute atomic E-state index is 12.3. The van der Waals surface area contributed by atoms with E-state index in [2.05, 4.69) is 45.0 Å². The van der Waals surface area contributed by atoms with Crippen molar-refractivity contribution in [3.63, 3.8) is 0 Å². The molecule has 1 amide bonds. The minimum atomic E-state index is 0.0163. The van der Waals surface area contributed by atoms with Crippen LogP contribution in [0.2, 0.25) is 0 Å². The fourth-order valence-corrected chi connectivity index (χ4v) is 3.26. The Balaban J connectivity index is 1.87. The number of benzene rings is 1. The van der Waals surface area contributed by atoms with Crippen molar-refractivity contribution in [3.8, 4) is 0 Å². The first-order chi connectivity index (χ1) is 9.38. The normalized spacial score (nSPS) is 21.8. The first kappa shape index (κ1) is 15.4. The largest absolute Gasteiger partial charge is 0.341 e. The van der Waals surface area contributed by atoms with Gasteiger partial charge in [0, 0.05) is 24.0 Å². The van der Waals surface area contributed by atoms with Gasteiger partial charge in [0.25, 0.3) is 0 Å². The summed E-state index contributed by atoms with van der Waals surface area (Å²) in [6.07, 6.45) is 0.897. The van der Waals surface area contributed by atoms with Crippen LogP contribution in [0.3, 0.4) is 0 Å². The van der Waals surface area contributed by atoms with Crippen molar-refractivity contribution in [1.82, 2.24) is 4.90 Å². The maximum Gasteiger partial charge on any atom is 0.232 e. The number of thioether (sulfide) groups is 1. The lowest BCUT2D eigenvalue weighted by Crippen LogP contribution is -2.54. The molecule has 1 aromatic carbocycles. The van der Waals surface area contributed by atoms with Gasteiger partial charge in [-0.2, -0.15) is 0 Å². The van der Waals surface area contributed by atoms with Crippen molar-refractivity contribution in [1.29, 1.82) is 0 Å². The number of carbonyl (C=O) groups is 1. The second-order valence-corrected chi connectivity index (χ2v) is 7.35. The van der Waals surface area contributed by atoms with Gasteiger partial charge < -0.3 is 10.6 Å². The van der Waals surface area contributed by atoms with Crippen LogP contribution in [-0.2, 0) is 4.79 Å². The highest BCUT2D eigenvalue weighted by Gasteiger charge is 2.35. The van der Waals surface area contributed by atoms with E-state index in [-0.39, 0.29) is 17.4 Å². The van der Waals surface area contributed by atoms with E-state index in [9.17, 15) is 4.79 Å². The van der Waals surface area contributed by atoms with Crippen LogP contribution in [0.4, 0.5) is 0 Å². The van der Waals surface area contributed by atoms with Gasteiger partial charge in [-0.25, -0.2) is 0 Å². The molecule has 3 nitrogen and oxygen atoms in total. The van der Waals surface area contributed by atoms with E-state index in [0.29, 0.717) is 5.75 Å². The molecule has 1 aliphatic heterocycles. The van der Waals surface area contributed by atoms with E-state index in [4.69, 9.17) is 5.73 Å². The fraction of sp³-hybridized carbons (Fsp3) is 0.562. The quantitative estimate of drug-likeness (QED) is 0.871. The summed E-state index contributed by atoms with van der Waals surface area (Å²) in [5.74, 6) is 0.726. The minimum Gasteiger partial charge on any atom is -0.341 e. The maximum atomic E-state index is 12.3. The molecule has 4 heteroatoms. The highest BCUT2D eigenvalue weighted by Crippen LogP contribution is 2.28. The van der Waals surface area contributed by atoms with Crippen LogP contribution in [-0.4, -0.2) is 35.7 Å². The minimum absolute atomic E-state index is 0.0163. The molecule has 0 radical (unpaired) electrons. The topological polar surface area (TPSA) is 46.3 Å². The summed E-state index contributed by atoms with van der Waals surface area (Å²) in [6.45, 7) is 7.91. The lowest BCUT2D eigenvalue weighted by molar-refractivity contribution is -0.131. The summed E-state index contributed by atoms with van der Waals surface area (Å²) in [5.41, 5.74) is 7.37. The SMILES string of the molecule is Cc1ccc(SCC(=O)N2CCC(N)C(C)(C)C2)cc1. The van der Waals surface area contributed by atoms with Crippen molar-refractivity contribution in [3.05, 3.63) is 29.8 Å². The van der Waals surface area contributed by atoms with E-state index in [1.165, 1.54) is 5.56 Å². The second-order valence-electron chi connectivity index (χ2n) is 6.30. The molecule has 0 saturated carbocycles. The van der Waals surface area contributed by atoms with Gasteiger partial charge in [0.2, 0.25) is 5.91 Å². The van der Waals surface area contributed by atoms with Crippen LogP contribution in [0, 0.1) is 12.3 Å². The molecular formula is C16H24N2OS. The van der Waals surface area contributed by atoms with Crippen LogP contribution >= 0.6 is 11.8 Å². The van der Waals surface area contributed by atoms with Gasteiger partial charge in [-0.1, -0.05) is 31.5 Å². The predicted molar refractivity (Wildman–Crippen MR) is 84.9 cm³/mol. The van der Waals surface area contributed by atoms with Crippen LogP contribution < -0.4 is 5.73 Å². The Morgan fingerprint density at radius 3 is 2.65 bits per heavy atom. The molecule has 1 unspecified atom stereocenters. The summed E-state index contributed by atoms with van der Waals surface area (Å²) in [4.78, 5) is 15.4. The lowest BCUT2D eigenvalue weighted by atomic mass is 9.80. The molecule has 0 bridgehead atoms. The Morgan fingerprint density at radius 2 is 2.05 bits per heavy atom. The molecule has 20 heavy (non-hydrogen) atoms. The lowest BCUT2D eigenvalue weighted by Gasteiger charge is -2.42. The average molecular weight is 292 g/mol. The molecule has 1 aromatic rings. The van der Waals surface area contributed by atoms with Gasteiger partial charge in [-0.15, -0.1) is 11.8 Å². The van der Waals surface area contributed by atoms with Crippen LogP contribution in [0.1, 0.15) is 25.8 Å². The monoisotopic (exact) mass is 292 g/mol. The van der Waals surface area contributed by atoms with E-state index in [1.807, 2.05) is 4.90 Å².